The fourth-order valence-corrected chi connectivity index (χ4v) is 2.56. The van der Waals surface area contributed by atoms with Crippen molar-refractivity contribution in [2.45, 2.75) is 43.6 Å². The standard InChI is InChI=1S/C14H19N3OS/c1-10(12(18)16-14(2,3)4)19-13-15-9-11-7-5-6-8-17(11)13/h5-10H,1-4H3,(H,16,18)/t10-/m1/s1. The van der Waals surface area contributed by atoms with Crippen LogP contribution in [0.15, 0.2) is 35.7 Å². The monoisotopic (exact) mass is 277 g/mol. The van der Waals surface area contributed by atoms with Crippen LogP contribution in [-0.2, 0) is 4.79 Å². The number of carbonyl (C=O) groups excluding carboxylic acids is 1. The average Bonchev–Trinajstić information content (AvgIpc) is 2.70. The predicted molar refractivity (Wildman–Crippen MR) is 78.4 cm³/mol. The third kappa shape index (κ3) is 3.50. The second-order valence-electron chi connectivity index (χ2n) is 5.54. The van der Waals surface area contributed by atoms with Crippen molar-refractivity contribution in [2.75, 3.05) is 0 Å². The van der Waals surface area contributed by atoms with E-state index in [-0.39, 0.29) is 16.7 Å². The lowest BCUT2D eigenvalue weighted by Crippen LogP contribution is -2.44. The Morgan fingerprint density at radius 2 is 2.16 bits per heavy atom. The van der Waals surface area contributed by atoms with Crippen molar-refractivity contribution in [2.24, 2.45) is 0 Å². The SMILES string of the molecule is C[C@@H](Sc1ncc2ccccn12)C(=O)NC(C)(C)C. The maximum atomic E-state index is 12.1. The number of hydrogen-bond acceptors (Lipinski definition) is 3. The Balaban J connectivity index is 2.10. The Morgan fingerprint density at radius 1 is 1.42 bits per heavy atom. The summed E-state index contributed by atoms with van der Waals surface area (Å²) in [6.07, 6.45) is 3.77. The highest BCUT2D eigenvalue weighted by Gasteiger charge is 2.21. The zero-order valence-electron chi connectivity index (χ0n) is 11.7. The van der Waals surface area contributed by atoms with Crippen LogP contribution in [0.4, 0.5) is 0 Å². The number of hydrogen-bond donors (Lipinski definition) is 1. The molecule has 1 N–H and O–H groups in total. The Hall–Kier alpha value is -1.49. The molecule has 0 unspecified atom stereocenters. The summed E-state index contributed by atoms with van der Waals surface area (Å²) in [6, 6.07) is 5.93. The molecule has 0 saturated carbocycles. The van der Waals surface area contributed by atoms with Crippen LogP contribution in [0, 0.1) is 0 Å². The van der Waals surface area contributed by atoms with Gasteiger partial charge in [-0.05, 0) is 39.8 Å². The Labute approximate surface area is 117 Å². The summed E-state index contributed by atoms with van der Waals surface area (Å²) in [5.74, 6) is 0.0326. The van der Waals surface area contributed by atoms with Gasteiger partial charge in [-0.25, -0.2) is 4.98 Å². The van der Waals surface area contributed by atoms with Crippen molar-refractivity contribution in [3.63, 3.8) is 0 Å². The normalized spacial score (nSPS) is 13.5. The van der Waals surface area contributed by atoms with Gasteiger partial charge in [0.2, 0.25) is 5.91 Å². The summed E-state index contributed by atoms with van der Waals surface area (Å²) in [5.41, 5.74) is 0.828. The first-order valence-corrected chi connectivity index (χ1v) is 7.15. The highest BCUT2D eigenvalue weighted by molar-refractivity contribution is 8.00. The number of carbonyl (C=O) groups is 1. The molecule has 0 spiro atoms. The van der Waals surface area contributed by atoms with Gasteiger partial charge in [0.1, 0.15) is 0 Å². The van der Waals surface area contributed by atoms with Crippen molar-refractivity contribution in [1.82, 2.24) is 14.7 Å². The number of thioether (sulfide) groups is 1. The van der Waals surface area contributed by atoms with E-state index in [0.29, 0.717) is 0 Å². The van der Waals surface area contributed by atoms with Crippen LogP contribution >= 0.6 is 11.8 Å². The van der Waals surface area contributed by atoms with Gasteiger partial charge >= 0.3 is 0 Å². The van der Waals surface area contributed by atoms with E-state index in [2.05, 4.69) is 10.3 Å². The molecule has 2 heterocycles. The molecular weight excluding hydrogens is 258 g/mol. The zero-order chi connectivity index (χ0) is 14.0. The first-order chi connectivity index (χ1) is 8.87. The van der Waals surface area contributed by atoms with Gasteiger partial charge in [-0.3, -0.25) is 9.20 Å². The van der Waals surface area contributed by atoms with E-state index in [4.69, 9.17) is 0 Å². The molecule has 0 aliphatic rings. The van der Waals surface area contributed by atoms with E-state index in [0.717, 1.165) is 10.7 Å². The fourth-order valence-electron chi connectivity index (χ4n) is 1.69. The van der Waals surface area contributed by atoms with Gasteiger partial charge in [-0.15, -0.1) is 0 Å². The molecule has 0 aliphatic heterocycles. The fraction of sp³-hybridized carbons (Fsp3) is 0.429. The maximum absolute atomic E-state index is 12.1. The van der Waals surface area contributed by atoms with E-state index < -0.39 is 0 Å². The third-order valence-electron chi connectivity index (χ3n) is 2.55. The molecule has 2 aromatic rings. The van der Waals surface area contributed by atoms with Crippen LogP contribution in [0.3, 0.4) is 0 Å². The van der Waals surface area contributed by atoms with Crippen molar-refractivity contribution in [1.29, 1.82) is 0 Å². The smallest absolute Gasteiger partial charge is 0.233 e. The van der Waals surface area contributed by atoms with Crippen LogP contribution in [0.2, 0.25) is 0 Å². The molecule has 2 aromatic heterocycles. The van der Waals surface area contributed by atoms with Gasteiger partial charge < -0.3 is 5.32 Å². The van der Waals surface area contributed by atoms with Crippen molar-refractivity contribution >= 4 is 23.2 Å². The first-order valence-electron chi connectivity index (χ1n) is 6.27. The molecule has 19 heavy (non-hydrogen) atoms. The van der Waals surface area contributed by atoms with E-state index in [1.54, 1.807) is 0 Å². The Morgan fingerprint density at radius 3 is 2.84 bits per heavy atom. The first kappa shape index (κ1) is 13.9. The van der Waals surface area contributed by atoms with Crippen LogP contribution < -0.4 is 5.32 Å². The van der Waals surface area contributed by atoms with Gasteiger partial charge in [0.25, 0.3) is 0 Å². The topological polar surface area (TPSA) is 46.4 Å². The van der Waals surface area contributed by atoms with Crippen LogP contribution in [0.25, 0.3) is 5.52 Å². The lowest BCUT2D eigenvalue weighted by Gasteiger charge is -2.22. The Bertz CT molecular complexity index is 586. The van der Waals surface area contributed by atoms with Crippen molar-refractivity contribution < 1.29 is 4.79 Å². The molecule has 0 fully saturated rings. The van der Waals surface area contributed by atoms with Crippen LogP contribution in [-0.4, -0.2) is 26.1 Å². The van der Waals surface area contributed by atoms with Gasteiger partial charge in [-0.2, -0.15) is 0 Å². The van der Waals surface area contributed by atoms with Gasteiger partial charge in [0.15, 0.2) is 5.16 Å². The lowest BCUT2D eigenvalue weighted by molar-refractivity contribution is -0.121. The number of pyridine rings is 1. The molecule has 0 aromatic carbocycles. The second-order valence-corrected chi connectivity index (χ2v) is 6.84. The minimum absolute atomic E-state index is 0.0326. The van der Waals surface area contributed by atoms with E-state index in [1.807, 2.05) is 62.7 Å². The van der Waals surface area contributed by atoms with Crippen LogP contribution in [0.1, 0.15) is 27.7 Å². The molecule has 1 amide bonds. The summed E-state index contributed by atoms with van der Waals surface area (Å²) >= 11 is 1.47. The predicted octanol–water partition coefficient (Wildman–Crippen LogP) is 2.73. The number of amides is 1. The van der Waals surface area contributed by atoms with Gasteiger partial charge in [0.05, 0.1) is 17.0 Å². The number of fused-ring (bicyclic) bond motifs is 1. The molecule has 0 bridgehead atoms. The van der Waals surface area contributed by atoms with Crippen LogP contribution in [0.5, 0.6) is 0 Å². The average molecular weight is 277 g/mol. The molecular formula is C14H19N3OS. The molecule has 1 atom stereocenters. The quantitative estimate of drug-likeness (QED) is 0.878. The number of nitrogens with one attached hydrogen (secondary N) is 1. The Kier molecular flexibility index (Phi) is 3.85. The number of rotatable bonds is 3. The lowest BCUT2D eigenvalue weighted by atomic mass is 10.1. The third-order valence-corrected chi connectivity index (χ3v) is 3.63. The number of nitrogens with zero attached hydrogens (tertiary/aromatic N) is 2. The van der Waals surface area contributed by atoms with Gasteiger partial charge in [0, 0.05) is 11.7 Å². The van der Waals surface area contributed by atoms with Crippen molar-refractivity contribution in [3.8, 4) is 0 Å². The highest BCUT2D eigenvalue weighted by Crippen LogP contribution is 2.23. The zero-order valence-corrected chi connectivity index (χ0v) is 12.5. The number of aromatic nitrogens is 2. The molecule has 102 valence electrons. The summed E-state index contributed by atoms with van der Waals surface area (Å²) in [4.78, 5) is 16.4. The maximum Gasteiger partial charge on any atom is 0.233 e. The van der Waals surface area contributed by atoms with Gasteiger partial charge in [-0.1, -0.05) is 17.8 Å². The van der Waals surface area contributed by atoms with E-state index in [1.165, 1.54) is 11.8 Å². The summed E-state index contributed by atoms with van der Waals surface area (Å²) in [5, 5.41) is 3.65. The molecule has 2 rings (SSSR count). The molecule has 4 nitrogen and oxygen atoms in total. The molecule has 0 aliphatic carbocycles. The summed E-state index contributed by atoms with van der Waals surface area (Å²) in [6.45, 7) is 7.84. The molecule has 0 radical (unpaired) electrons. The molecule has 0 saturated heterocycles. The largest absolute Gasteiger partial charge is 0.351 e. The van der Waals surface area contributed by atoms with E-state index >= 15 is 0 Å². The minimum Gasteiger partial charge on any atom is -0.351 e. The molecule has 5 heteroatoms. The van der Waals surface area contributed by atoms with Crippen molar-refractivity contribution in [3.05, 3.63) is 30.6 Å². The summed E-state index contributed by atoms with van der Waals surface area (Å²) < 4.78 is 1.99. The minimum atomic E-state index is -0.208. The number of imidazole rings is 1. The summed E-state index contributed by atoms with van der Waals surface area (Å²) in [7, 11) is 0. The second kappa shape index (κ2) is 5.25. The van der Waals surface area contributed by atoms with E-state index in [9.17, 15) is 4.79 Å². The highest BCUT2D eigenvalue weighted by atomic mass is 32.2.